The Hall–Kier alpha value is -1.07. The van der Waals surface area contributed by atoms with Crippen molar-refractivity contribution in [1.29, 1.82) is 0 Å². The summed E-state index contributed by atoms with van der Waals surface area (Å²) in [4.78, 5) is 17.4. The van der Waals surface area contributed by atoms with Crippen LogP contribution < -0.4 is 5.32 Å². The van der Waals surface area contributed by atoms with Crippen LogP contribution >= 0.6 is 11.3 Å². The number of carbonyl (C=O) groups excluding carboxylic acids is 1. The first-order chi connectivity index (χ1) is 8.47. The van der Waals surface area contributed by atoms with Crippen LogP contribution in [-0.2, 0) is 0 Å². The summed E-state index contributed by atoms with van der Waals surface area (Å²) in [6, 6.07) is 4.45. The monoisotopic (exact) mass is 267 g/mol. The highest BCUT2D eigenvalue weighted by Crippen LogP contribution is 2.34. The van der Waals surface area contributed by atoms with Gasteiger partial charge in [0.25, 0.3) is 0 Å². The summed E-state index contributed by atoms with van der Waals surface area (Å²) in [6.45, 7) is 5.77. The van der Waals surface area contributed by atoms with Crippen LogP contribution in [0.15, 0.2) is 17.5 Å². The molecule has 1 aliphatic rings. The van der Waals surface area contributed by atoms with Crippen LogP contribution in [0.5, 0.6) is 0 Å². The standard InChI is InChI=1S/C13H21N3OS/c1-13(2,9-14-3)16-8-10(15(4)12(16)17)11-6-5-7-18-11/h5-7,10,14H,8-9H2,1-4H3. The van der Waals surface area contributed by atoms with E-state index in [2.05, 4.69) is 30.6 Å². The van der Waals surface area contributed by atoms with Crippen molar-refractivity contribution >= 4 is 17.4 Å². The zero-order chi connectivity index (χ0) is 13.3. The Labute approximate surface area is 113 Å². The van der Waals surface area contributed by atoms with Gasteiger partial charge in [-0.3, -0.25) is 0 Å². The van der Waals surface area contributed by atoms with Gasteiger partial charge in [-0.15, -0.1) is 11.3 Å². The topological polar surface area (TPSA) is 35.6 Å². The number of likely N-dealkylation sites (N-methyl/N-ethyl adjacent to an activating group) is 2. The maximum absolute atomic E-state index is 12.4. The fourth-order valence-electron chi connectivity index (χ4n) is 2.49. The van der Waals surface area contributed by atoms with Gasteiger partial charge in [-0.1, -0.05) is 6.07 Å². The van der Waals surface area contributed by atoms with Gasteiger partial charge in [-0.05, 0) is 32.3 Å². The Bertz CT molecular complexity index is 416. The third-order valence-corrected chi connectivity index (χ3v) is 4.54. The van der Waals surface area contributed by atoms with E-state index < -0.39 is 0 Å². The van der Waals surface area contributed by atoms with Crippen LogP contribution in [0.3, 0.4) is 0 Å². The number of urea groups is 1. The Balaban J connectivity index is 2.20. The molecule has 1 N–H and O–H groups in total. The summed E-state index contributed by atoms with van der Waals surface area (Å²) in [5, 5.41) is 5.22. The van der Waals surface area contributed by atoms with E-state index in [1.54, 1.807) is 11.3 Å². The lowest BCUT2D eigenvalue weighted by molar-refractivity contribution is 0.149. The largest absolute Gasteiger partial charge is 0.320 e. The van der Waals surface area contributed by atoms with Gasteiger partial charge in [0, 0.05) is 25.0 Å². The molecule has 18 heavy (non-hydrogen) atoms. The van der Waals surface area contributed by atoms with Crippen LogP contribution in [0.1, 0.15) is 24.8 Å². The molecule has 1 aromatic rings. The van der Waals surface area contributed by atoms with Gasteiger partial charge in [0.15, 0.2) is 0 Å². The second kappa shape index (κ2) is 4.90. The predicted molar refractivity (Wildman–Crippen MR) is 74.9 cm³/mol. The molecule has 100 valence electrons. The molecule has 2 rings (SSSR count). The van der Waals surface area contributed by atoms with E-state index in [4.69, 9.17) is 0 Å². The van der Waals surface area contributed by atoms with Crippen molar-refractivity contribution in [2.24, 2.45) is 0 Å². The summed E-state index contributed by atoms with van der Waals surface area (Å²) < 4.78 is 0. The molecule has 0 aromatic carbocycles. The second-order valence-electron chi connectivity index (χ2n) is 5.38. The molecule has 5 heteroatoms. The quantitative estimate of drug-likeness (QED) is 0.907. The van der Waals surface area contributed by atoms with E-state index >= 15 is 0 Å². The van der Waals surface area contributed by atoms with Gasteiger partial charge in [0.1, 0.15) is 0 Å². The third-order valence-electron chi connectivity index (χ3n) is 3.57. The van der Waals surface area contributed by atoms with Crippen LogP contribution in [0, 0.1) is 0 Å². The number of hydrogen-bond donors (Lipinski definition) is 1. The molecular weight excluding hydrogens is 246 g/mol. The summed E-state index contributed by atoms with van der Waals surface area (Å²) in [5.41, 5.74) is -0.161. The fourth-order valence-corrected chi connectivity index (χ4v) is 3.35. The number of nitrogens with zero attached hydrogens (tertiary/aromatic N) is 2. The van der Waals surface area contributed by atoms with Crippen LogP contribution in [0.25, 0.3) is 0 Å². The average Bonchev–Trinajstić information content (AvgIpc) is 2.89. The predicted octanol–water partition coefficient (Wildman–Crippen LogP) is 2.15. The molecule has 2 amide bonds. The molecule has 1 aliphatic heterocycles. The van der Waals surface area contributed by atoms with Crippen molar-refractivity contribution < 1.29 is 4.79 Å². The molecule has 1 atom stereocenters. The van der Waals surface area contributed by atoms with Crippen molar-refractivity contribution in [3.05, 3.63) is 22.4 Å². The molecule has 0 aliphatic carbocycles. The van der Waals surface area contributed by atoms with Gasteiger partial charge in [0.05, 0.1) is 11.6 Å². The average molecular weight is 267 g/mol. The molecule has 0 radical (unpaired) electrons. The highest BCUT2D eigenvalue weighted by molar-refractivity contribution is 7.10. The van der Waals surface area contributed by atoms with Crippen molar-refractivity contribution in [1.82, 2.24) is 15.1 Å². The number of rotatable bonds is 4. The number of thiophene rings is 1. The van der Waals surface area contributed by atoms with E-state index in [9.17, 15) is 4.79 Å². The Morgan fingerprint density at radius 3 is 2.83 bits per heavy atom. The SMILES string of the molecule is CNCC(C)(C)N1CC(c2cccs2)N(C)C1=O. The first-order valence-corrected chi connectivity index (χ1v) is 7.08. The Kier molecular flexibility index (Phi) is 3.64. The number of carbonyl (C=O) groups is 1. The molecule has 1 unspecified atom stereocenters. The lowest BCUT2D eigenvalue weighted by atomic mass is 10.0. The van der Waals surface area contributed by atoms with E-state index in [-0.39, 0.29) is 17.6 Å². The normalized spacial score (nSPS) is 20.9. The van der Waals surface area contributed by atoms with E-state index in [0.717, 1.165) is 13.1 Å². The van der Waals surface area contributed by atoms with Gasteiger partial charge >= 0.3 is 6.03 Å². The molecule has 0 bridgehead atoms. The fraction of sp³-hybridized carbons (Fsp3) is 0.615. The van der Waals surface area contributed by atoms with Crippen molar-refractivity contribution in [3.8, 4) is 0 Å². The molecular formula is C13H21N3OS. The summed E-state index contributed by atoms with van der Waals surface area (Å²) in [6.07, 6.45) is 0. The number of amides is 2. The summed E-state index contributed by atoms with van der Waals surface area (Å²) in [5.74, 6) is 0. The van der Waals surface area contributed by atoms with Crippen LogP contribution in [-0.4, -0.2) is 48.6 Å². The zero-order valence-corrected chi connectivity index (χ0v) is 12.3. The second-order valence-corrected chi connectivity index (χ2v) is 6.36. The van der Waals surface area contributed by atoms with Crippen LogP contribution in [0.4, 0.5) is 4.79 Å². The van der Waals surface area contributed by atoms with Crippen molar-refractivity contribution in [3.63, 3.8) is 0 Å². The maximum atomic E-state index is 12.4. The van der Waals surface area contributed by atoms with Crippen molar-refractivity contribution in [2.75, 3.05) is 27.2 Å². The first-order valence-electron chi connectivity index (χ1n) is 6.20. The number of hydrogen-bond acceptors (Lipinski definition) is 3. The summed E-state index contributed by atoms with van der Waals surface area (Å²) in [7, 11) is 3.81. The minimum atomic E-state index is -0.161. The molecule has 4 nitrogen and oxygen atoms in total. The molecule has 1 aromatic heterocycles. The zero-order valence-electron chi connectivity index (χ0n) is 11.4. The molecule has 1 fully saturated rings. The minimum Gasteiger partial charge on any atom is -0.318 e. The van der Waals surface area contributed by atoms with E-state index in [1.807, 2.05) is 30.0 Å². The van der Waals surface area contributed by atoms with E-state index in [0.29, 0.717) is 0 Å². The van der Waals surface area contributed by atoms with E-state index in [1.165, 1.54) is 4.88 Å². The van der Waals surface area contributed by atoms with Crippen molar-refractivity contribution in [2.45, 2.75) is 25.4 Å². The summed E-state index contributed by atoms with van der Waals surface area (Å²) >= 11 is 1.72. The smallest absolute Gasteiger partial charge is 0.318 e. The third kappa shape index (κ3) is 2.24. The van der Waals surface area contributed by atoms with Gasteiger partial charge in [0.2, 0.25) is 0 Å². The Morgan fingerprint density at radius 2 is 2.28 bits per heavy atom. The molecule has 0 saturated carbocycles. The maximum Gasteiger partial charge on any atom is 0.320 e. The highest BCUT2D eigenvalue weighted by Gasteiger charge is 2.42. The Morgan fingerprint density at radius 1 is 1.56 bits per heavy atom. The lowest BCUT2D eigenvalue weighted by Crippen LogP contribution is -2.51. The van der Waals surface area contributed by atoms with Gasteiger partial charge in [-0.25, -0.2) is 4.79 Å². The van der Waals surface area contributed by atoms with Gasteiger partial charge < -0.3 is 15.1 Å². The highest BCUT2D eigenvalue weighted by atomic mass is 32.1. The molecule has 0 spiro atoms. The molecule has 1 saturated heterocycles. The molecule has 2 heterocycles. The lowest BCUT2D eigenvalue weighted by Gasteiger charge is -2.34. The van der Waals surface area contributed by atoms with Gasteiger partial charge in [-0.2, -0.15) is 0 Å². The first kappa shape index (κ1) is 13.4. The van der Waals surface area contributed by atoms with Crippen LogP contribution in [0.2, 0.25) is 0 Å². The minimum absolute atomic E-state index is 0.119. The number of nitrogens with one attached hydrogen (secondary N) is 1.